The Morgan fingerprint density at radius 2 is 2.05 bits per heavy atom. The molecule has 0 spiro atoms. The van der Waals surface area contributed by atoms with Gasteiger partial charge in [0.05, 0.1) is 16.4 Å². The Labute approximate surface area is 123 Å². The van der Waals surface area contributed by atoms with Gasteiger partial charge in [-0.2, -0.15) is 5.10 Å². The molecular weight excluding hydrogens is 272 g/mol. The van der Waals surface area contributed by atoms with Gasteiger partial charge in [-0.25, -0.2) is 4.98 Å². The number of hydrogen-bond acceptors (Lipinski definition) is 4. The molecule has 20 heavy (non-hydrogen) atoms. The van der Waals surface area contributed by atoms with E-state index in [4.69, 9.17) is 11.6 Å². The zero-order chi connectivity index (χ0) is 13.9. The molecule has 0 atom stereocenters. The van der Waals surface area contributed by atoms with Crippen LogP contribution in [0.4, 0.5) is 11.5 Å². The molecule has 0 fully saturated rings. The van der Waals surface area contributed by atoms with E-state index in [0.29, 0.717) is 0 Å². The third kappa shape index (κ3) is 2.47. The maximum Gasteiger partial charge on any atom is 0.125 e. The number of benzene rings is 1. The van der Waals surface area contributed by atoms with Gasteiger partial charge < -0.3 is 5.32 Å². The number of anilines is 2. The predicted molar refractivity (Wildman–Crippen MR) is 83.7 cm³/mol. The summed E-state index contributed by atoms with van der Waals surface area (Å²) in [5.41, 5.74) is 3.04. The second kappa shape index (κ2) is 5.51. The fourth-order valence-corrected chi connectivity index (χ4v) is 2.44. The van der Waals surface area contributed by atoms with Crippen molar-refractivity contribution in [3.05, 3.63) is 53.2 Å². The van der Waals surface area contributed by atoms with Crippen LogP contribution in [-0.4, -0.2) is 24.3 Å². The molecule has 1 aromatic heterocycles. The number of halogens is 1. The number of pyridine rings is 1. The molecule has 0 saturated carbocycles. The van der Waals surface area contributed by atoms with Crippen molar-refractivity contribution >= 4 is 28.8 Å². The molecule has 0 amide bonds. The predicted octanol–water partition coefficient (Wildman–Crippen LogP) is 3.39. The Balaban J connectivity index is 1.86. The molecule has 102 valence electrons. The Hall–Kier alpha value is -2.07. The van der Waals surface area contributed by atoms with Crippen LogP contribution in [0.2, 0.25) is 5.02 Å². The molecule has 0 saturated heterocycles. The first-order valence-corrected chi connectivity index (χ1v) is 6.89. The quantitative estimate of drug-likeness (QED) is 0.940. The molecule has 2 aromatic rings. The summed E-state index contributed by atoms with van der Waals surface area (Å²) in [5.74, 6) is 0.857. The van der Waals surface area contributed by atoms with Crippen molar-refractivity contribution in [2.24, 2.45) is 5.10 Å². The second-order valence-electron chi connectivity index (χ2n) is 4.55. The number of hydrogen-bond donors (Lipinski definition) is 1. The van der Waals surface area contributed by atoms with Crippen molar-refractivity contribution in [1.29, 1.82) is 0 Å². The van der Waals surface area contributed by atoms with Crippen LogP contribution in [0.25, 0.3) is 0 Å². The van der Waals surface area contributed by atoms with E-state index in [-0.39, 0.29) is 0 Å². The van der Waals surface area contributed by atoms with Gasteiger partial charge in [-0.1, -0.05) is 23.7 Å². The van der Waals surface area contributed by atoms with Gasteiger partial charge in [-0.3, -0.25) is 5.01 Å². The lowest BCUT2D eigenvalue weighted by Crippen LogP contribution is -2.11. The lowest BCUT2D eigenvalue weighted by atomic mass is 10.1. The van der Waals surface area contributed by atoms with Crippen molar-refractivity contribution in [3.8, 4) is 0 Å². The van der Waals surface area contributed by atoms with Crippen LogP contribution in [0.15, 0.2) is 47.7 Å². The average Bonchev–Trinajstić information content (AvgIpc) is 2.97. The van der Waals surface area contributed by atoms with Crippen LogP contribution < -0.4 is 10.3 Å². The van der Waals surface area contributed by atoms with E-state index in [9.17, 15) is 0 Å². The van der Waals surface area contributed by atoms with Gasteiger partial charge in [0.25, 0.3) is 0 Å². The van der Waals surface area contributed by atoms with E-state index in [1.807, 2.05) is 54.7 Å². The van der Waals surface area contributed by atoms with Gasteiger partial charge in [0.15, 0.2) is 0 Å². The number of para-hydroxylation sites is 1. The highest BCUT2D eigenvalue weighted by Gasteiger charge is 2.19. The summed E-state index contributed by atoms with van der Waals surface area (Å²) in [5, 5.41) is 10.3. The minimum absolute atomic E-state index is 0.723. The minimum Gasteiger partial charge on any atom is -0.373 e. The molecule has 2 heterocycles. The molecule has 1 aliphatic heterocycles. The smallest absolute Gasteiger partial charge is 0.125 e. The van der Waals surface area contributed by atoms with Gasteiger partial charge in [-0.15, -0.1) is 0 Å². The molecule has 4 nitrogen and oxygen atoms in total. The highest BCUT2D eigenvalue weighted by Crippen LogP contribution is 2.28. The summed E-state index contributed by atoms with van der Waals surface area (Å²) in [6.45, 7) is 0.840. The van der Waals surface area contributed by atoms with E-state index in [0.717, 1.165) is 40.8 Å². The Morgan fingerprint density at radius 3 is 2.75 bits per heavy atom. The van der Waals surface area contributed by atoms with Crippen molar-refractivity contribution in [3.63, 3.8) is 0 Å². The summed E-state index contributed by atoms with van der Waals surface area (Å²) in [6, 6.07) is 11.7. The Bertz CT molecular complexity index is 637. The largest absolute Gasteiger partial charge is 0.373 e. The maximum atomic E-state index is 6.21. The zero-order valence-corrected chi connectivity index (χ0v) is 11.9. The van der Waals surface area contributed by atoms with Crippen LogP contribution in [0.3, 0.4) is 0 Å². The van der Waals surface area contributed by atoms with E-state index in [1.165, 1.54) is 0 Å². The molecule has 0 unspecified atom stereocenters. The van der Waals surface area contributed by atoms with Crippen molar-refractivity contribution in [2.45, 2.75) is 6.42 Å². The molecule has 1 aromatic carbocycles. The standard InChI is InChI=1S/C15H15ClN4/c1-17-15-7-6-11(10-18-15)13-8-9-20(19-13)14-5-3-2-4-12(14)16/h2-7,10H,8-9H2,1H3,(H,17,18). The monoisotopic (exact) mass is 286 g/mol. The minimum atomic E-state index is 0.723. The SMILES string of the molecule is CNc1ccc(C2=NN(c3ccccc3Cl)CC2)cn1. The summed E-state index contributed by atoms with van der Waals surface area (Å²) in [6.07, 6.45) is 2.74. The third-order valence-electron chi connectivity index (χ3n) is 3.29. The van der Waals surface area contributed by atoms with Gasteiger partial charge in [-0.05, 0) is 24.3 Å². The molecule has 1 aliphatic rings. The summed E-state index contributed by atoms with van der Waals surface area (Å²) < 4.78 is 0. The van der Waals surface area contributed by atoms with Gasteiger partial charge in [0.2, 0.25) is 0 Å². The summed E-state index contributed by atoms with van der Waals surface area (Å²) in [7, 11) is 1.86. The number of rotatable bonds is 3. The van der Waals surface area contributed by atoms with Crippen molar-refractivity contribution in [2.75, 3.05) is 23.9 Å². The lowest BCUT2D eigenvalue weighted by molar-refractivity contribution is 0.922. The van der Waals surface area contributed by atoms with Gasteiger partial charge >= 0.3 is 0 Å². The highest BCUT2D eigenvalue weighted by atomic mass is 35.5. The van der Waals surface area contributed by atoms with Crippen LogP contribution in [-0.2, 0) is 0 Å². The van der Waals surface area contributed by atoms with Crippen LogP contribution in [0.5, 0.6) is 0 Å². The van der Waals surface area contributed by atoms with Crippen molar-refractivity contribution in [1.82, 2.24) is 4.98 Å². The molecule has 3 rings (SSSR count). The van der Waals surface area contributed by atoms with E-state index in [1.54, 1.807) is 0 Å². The fourth-order valence-electron chi connectivity index (χ4n) is 2.21. The molecular formula is C15H15ClN4. The molecule has 5 heteroatoms. The lowest BCUT2D eigenvalue weighted by Gasteiger charge is -2.14. The first-order chi connectivity index (χ1) is 9.78. The first-order valence-electron chi connectivity index (χ1n) is 6.51. The van der Waals surface area contributed by atoms with Gasteiger partial charge in [0, 0.05) is 31.8 Å². The maximum absolute atomic E-state index is 6.21. The van der Waals surface area contributed by atoms with Crippen LogP contribution >= 0.6 is 11.6 Å². The fraction of sp³-hybridized carbons (Fsp3) is 0.200. The Kier molecular flexibility index (Phi) is 3.56. The number of nitrogens with one attached hydrogen (secondary N) is 1. The van der Waals surface area contributed by atoms with Crippen LogP contribution in [0, 0.1) is 0 Å². The normalized spacial score (nSPS) is 14.3. The van der Waals surface area contributed by atoms with E-state index >= 15 is 0 Å². The summed E-state index contributed by atoms with van der Waals surface area (Å²) >= 11 is 6.21. The average molecular weight is 287 g/mol. The Morgan fingerprint density at radius 1 is 1.20 bits per heavy atom. The molecule has 0 bridgehead atoms. The van der Waals surface area contributed by atoms with Gasteiger partial charge in [0.1, 0.15) is 5.82 Å². The highest BCUT2D eigenvalue weighted by molar-refractivity contribution is 6.33. The third-order valence-corrected chi connectivity index (χ3v) is 3.60. The molecule has 0 aliphatic carbocycles. The first kappa shape index (κ1) is 12.9. The number of nitrogens with zero attached hydrogens (tertiary/aromatic N) is 3. The van der Waals surface area contributed by atoms with Crippen LogP contribution in [0.1, 0.15) is 12.0 Å². The number of aromatic nitrogens is 1. The summed E-state index contributed by atoms with van der Waals surface area (Å²) in [4.78, 5) is 4.32. The van der Waals surface area contributed by atoms with E-state index < -0.39 is 0 Å². The number of hydrazone groups is 1. The molecule has 1 N–H and O–H groups in total. The zero-order valence-electron chi connectivity index (χ0n) is 11.2. The van der Waals surface area contributed by atoms with E-state index in [2.05, 4.69) is 15.4 Å². The second-order valence-corrected chi connectivity index (χ2v) is 4.96. The topological polar surface area (TPSA) is 40.5 Å². The van der Waals surface area contributed by atoms with Crippen molar-refractivity contribution < 1.29 is 0 Å². The molecule has 0 radical (unpaired) electrons.